The Balaban J connectivity index is 2.43. The van der Waals surface area contributed by atoms with Crippen molar-refractivity contribution in [3.8, 4) is 0 Å². The molecule has 0 aliphatic heterocycles. The standard InChI is InChI=1S/C14H20N2O3/c1-3-11(8-13(17)18)9-15-14(19)16-12-7-5-4-6-10(12)2/h4-7,11H,3,8-9H2,1-2H3,(H,17,18)(H2,15,16,19). The van der Waals surface area contributed by atoms with E-state index in [1.165, 1.54) is 0 Å². The van der Waals surface area contributed by atoms with Crippen molar-refractivity contribution in [1.29, 1.82) is 0 Å². The minimum absolute atomic E-state index is 0.0416. The molecule has 0 bridgehead atoms. The molecular weight excluding hydrogens is 244 g/mol. The normalized spacial score (nSPS) is 11.7. The molecule has 1 rings (SSSR count). The summed E-state index contributed by atoms with van der Waals surface area (Å²) in [4.78, 5) is 22.3. The van der Waals surface area contributed by atoms with E-state index >= 15 is 0 Å². The first-order valence-corrected chi connectivity index (χ1v) is 6.35. The minimum atomic E-state index is -0.840. The molecule has 5 nitrogen and oxygen atoms in total. The summed E-state index contributed by atoms with van der Waals surface area (Å²) in [6.45, 7) is 4.18. The number of rotatable bonds is 6. The van der Waals surface area contributed by atoms with Gasteiger partial charge in [-0.3, -0.25) is 4.79 Å². The highest BCUT2D eigenvalue weighted by Crippen LogP contribution is 2.13. The van der Waals surface area contributed by atoms with Gasteiger partial charge in [0.2, 0.25) is 0 Å². The van der Waals surface area contributed by atoms with E-state index in [-0.39, 0.29) is 18.4 Å². The maximum atomic E-state index is 11.7. The molecule has 1 aromatic carbocycles. The number of carbonyl (C=O) groups is 2. The van der Waals surface area contributed by atoms with Crippen LogP contribution in [0.2, 0.25) is 0 Å². The lowest BCUT2D eigenvalue weighted by molar-refractivity contribution is -0.138. The van der Waals surface area contributed by atoms with Gasteiger partial charge in [0.05, 0.1) is 0 Å². The molecule has 0 aromatic heterocycles. The van der Waals surface area contributed by atoms with Crippen molar-refractivity contribution in [3.05, 3.63) is 29.8 Å². The van der Waals surface area contributed by atoms with Crippen molar-refractivity contribution < 1.29 is 14.7 Å². The maximum absolute atomic E-state index is 11.7. The summed E-state index contributed by atoms with van der Waals surface area (Å²) in [5.74, 6) is -0.881. The molecule has 1 unspecified atom stereocenters. The molecule has 0 aliphatic rings. The predicted octanol–water partition coefficient (Wildman–Crippen LogP) is 2.62. The molecule has 3 N–H and O–H groups in total. The lowest BCUT2D eigenvalue weighted by atomic mass is 10.0. The van der Waals surface area contributed by atoms with Crippen molar-refractivity contribution in [2.24, 2.45) is 5.92 Å². The van der Waals surface area contributed by atoms with Gasteiger partial charge in [0, 0.05) is 18.7 Å². The van der Waals surface area contributed by atoms with Crippen LogP contribution in [-0.2, 0) is 4.79 Å². The zero-order chi connectivity index (χ0) is 14.3. The van der Waals surface area contributed by atoms with Crippen molar-refractivity contribution in [3.63, 3.8) is 0 Å². The third kappa shape index (κ3) is 5.42. The van der Waals surface area contributed by atoms with Crippen molar-refractivity contribution >= 4 is 17.7 Å². The van der Waals surface area contributed by atoms with Crippen LogP contribution in [0, 0.1) is 12.8 Å². The fourth-order valence-electron chi connectivity index (χ4n) is 1.72. The highest BCUT2D eigenvalue weighted by Gasteiger charge is 2.12. The zero-order valence-electron chi connectivity index (χ0n) is 11.3. The summed E-state index contributed by atoms with van der Waals surface area (Å²) in [6.07, 6.45) is 0.790. The van der Waals surface area contributed by atoms with Crippen LogP contribution in [0.25, 0.3) is 0 Å². The van der Waals surface area contributed by atoms with Crippen molar-refractivity contribution in [2.45, 2.75) is 26.7 Å². The van der Waals surface area contributed by atoms with Gasteiger partial charge in [-0.1, -0.05) is 31.5 Å². The number of hydrogen-bond acceptors (Lipinski definition) is 2. The predicted molar refractivity (Wildman–Crippen MR) is 74.2 cm³/mol. The zero-order valence-corrected chi connectivity index (χ0v) is 11.3. The number of aliphatic carboxylic acids is 1. The van der Waals surface area contributed by atoms with E-state index in [2.05, 4.69) is 10.6 Å². The Kier molecular flexibility index (Phi) is 5.85. The second-order valence-corrected chi connectivity index (χ2v) is 4.52. The second kappa shape index (κ2) is 7.41. The van der Waals surface area contributed by atoms with E-state index in [0.717, 1.165) is 17.7 Å². The molecule has 1 aromatic rings. The van der Waals surface area contributed by atoms with E-state index in [9.17, 15) is 9.59 Å². The molecule has 0 spiro atoms. The summed E-state index contributed by atoms with van der Waals surface area (Å²) in [5.41, 5.74) is 1.74. The number of carboxylic acids is 1. The van der Waals surface area contributed by atoms with Gasteiger partial charge in [-0.2, -0.15) is 0 Å². The Labute approximate surface area is 113 Å². The third-order valence-corrected chi connectivity index (χ3v) is 2.99. The number of para-hydroxylation sites is 1. The van der Waals surface area contributed by atoms with Crippen LogP contribution in [0.3, 0.4) is 0 Å². The number of urea groups is 1. The highest BCUT2D eigenvalue weighted by molar-refractivity contribution is 5.90. The first-order valence-electron chi connectivity index (χ1n) is 6.35. The van der Waals surface area contributed by atoms with Gasteiger partial charge in [0.15, 0.2) is 0 Å². The van der Waals surface area contributed by atoms with E-state index in [1.807, 2.05) is 38.1 Å². The van der Waals surface area contributed by atoms with Gasteiger partial charge >= 0.3 is 12.0 Å². The molecule has 0 radical (unpaired) electrons. The van der Waals surface area contributed by atoms with E-state index in [0.29, 0.717) is 6.54 Å². The number of nitrogens with one attached hydrogen (secondary N) is 2. The highest BCUT2D eigenvalue weighted by atomic mass is 16.4. The van der Waals surface area contributed by atoms with Gasteiger partial charge in [-0.25, -0.2) is 4.79 Å². The molecule has 0 saturated heterocycles. The smallest absolute Gasteiger partial charge is 0.319 e. The Morgan fingerprint density at radius 3 is 2.58 bits per heavy atom. The number of hydrogen-bond donors (Lipinski definition) is 3. The average Bonchev–Trinajstić information content (AvgIpc) is 2.37. The third-order valence-electron chi connectivity index (χ3n) is 2.99. The first-order chi connectivity index (χ1) is 9.02. The van der Waals surface area contributed by atoms with Crippen molar-refractivity contribution in [1.82, 2.24) is 5.32 Å². The summed E-state index contributed by atoms with van der Waals surface area (Å²) in [5, 5.41) is 14.2. The maximum Gasteiger partial charge on any atom is 0.319 e. The van der Waals surface area contributed by atoms with E-state index in [4.69, 9.17) is 5.11 Å². The largest absolute Gasteiger partial charge is 0.481 e. The minimum Gasteiger partial charge on any atom is -0.481 e. The van der Waals surface area contributed by atoms with Gasteiger partial charge in [-0.15, -0.1) is 0 Å². The number of carbonyl (C=O) groups excluding carboxylic acids is 1. The summed E-state index contributed by atoms with van der Waals surface area (Å²) in [6, 6.07) is 7.18. The van der Waals surface area contributed by atoms with E-state index in [1.54, 1.807) is 0 Å². The summed E-state index contributed by atoms with van der Waals surface area (Å²) >= 11 is 0. The molecule has 0 aliphatic carbocycles. The quantitative estimate of drug-likeness (QED) is 0.739. The molecule has 0 fully saturated rings. The average molecular weight is 264 g/mol. The van der Waals surface area contributed by atoms with Crippen LogP contribution in [-0.4, -0.2) is 23.7 Å². The van der Waals surface area contributed by atoms with Crippen molar-refractivity contribution in [2.75, 3.05) is 11.9 Å². The number of carboxylic acid groups (broad SMARTS) is 1. The van der Waals surface area contributed by atoms with Crippen LogP contribution >= 0.6 is 0 Å². The molecule has 2 amide bonds. The lowest BCUT2D eigenvalue weighted by Gasteiger charge is -2.14. The topological polar surface area (TPSA) is 78.4 Å². The number of amides is 2. The molecule has 0 heterocycles. The molecule has 1 atom stereocenters. The molecule has 104 valence electrons. The Morgan fingerprint density at radius 1 is 1.32 bits per heavy atom. The first kappa shape index (κ1) is 15.0. The van der Waals surface area contributed by atoms with Crippen LogP contribution < -0.4 is 10.6 Å². The van der Waals surface area contributed by atoms with Crippen LogP contribution in [0.1, 0.15) is 25.3 Å². The van der Waals surface area contributed by atoms with Gasteiger partial charge < -0.3 is 15.7 Å². The number of benzene rings is 1. The van der Waals surface area contributed by atoms with Gasteiger partial charge in [0.25, 0.3) is 0 Å². The van der Waals surface area contributed by atoms with Crippen LogP contribution in [0.5, 0.6) is 0 Å². The summed E-state index contributed by atoms with van der Waals surface area (Å²) in [7, 11) is 0. The Hall–Kier alpha value is -2.04. The summed E-state index contributed by atoms with van der Waals surface area (Å²) < 4.78 is 0. The second-order valence-electron chi connectivity index (χ2n) is 4.52. The van der Waals surface area contributed by atoms with E-state index < -0.39 is 5.97 Å². The van der Waals surface area contributed by atoms with Gasteiger partial charge in [-0.05, 0) is 24.5 Å². The fourth-order valence-corrected chi connectivity index (χ4v) is 1.72. The van der Waals surface area contributed by atoms with Crippen LogP contribution in [0.4, 0.5) is 10.5 Å². The Bertz CT molecular complexity index is 446. The van der Waals surface area contributed by atoms with Crippen LogP contribution in [0.15, 0.2) is 24.3 Å². The lowest BCUT2D eigenvalue weighted by Crippen LogP contribution is -2.33. The molecular formula is C14H20N2O3. The number of aryl methyl sites for hydroxylation is 1. The molecule has 0 saturated carbocycles. The molecule has 5 heteroatoms. The monoisotopic (exact) mass is 264 g/mol. The number of anilines is 1. The Morgan fingerprint density at radius 2 is 2.00 bits per heavy atom. The SMILES string of the molecule is CCC(CNC(=O)Nc1ccccc1C)CC(=O)O. The molecule has 19 heavy (non-hydrogen) atoms. The van der Waals surface area contributed by atoms with Gasteiger partial charge in [0.1, 0.15) is 0 Å². The fraction of sp³-hybridized carbons (Fsp3) is 0.429.